The fourth-order valence-corrected chi connectivity index (χ4v) is 10.6. The summed E-state index contributed by atoms with van der Waals surface area (Å²) in [5.41, 5.74) is 3.79. The number of hydrogen-bond donors (Lipinski definition) is 1. The van der Waals surface area contributed by atoms with E-state index < -0.39 is 0 Å². The number of methoxy groups -OCH3 is 1. The lowest BCUT2D eigenvalue weighted by Crippen LogP contribution is -2.54. The van der Waals surface area contributed by atoms with E-state index >= 15 is 0 Å². The van der Waals surface area contributed by atoms with Gasteiger partial charge in [0.2, 0.25) is 12.5 Å². The molecule has 8 atom stereocenters. The van der Waals surface area contributed by atoms with Gasteiger partial charge in [-0.25, -0.2) is 0 Å². The van der Waals surface area contributed by atoms with E-state index in [-0.39, 0.29) is 24.4 Å². The van der Waals surface area contributed by atoms with E-state index in [1.807, 2.05) is 0 Å². The molecule has 1 aromatic carbocycles. The number of allylic oxidation sites excluding steroid dienone is 2. The molecular formula is C34H48NO5+. The number of quaternary nitrogens is 1. The number of carbonyl (C=O) groups excluding carboxylic acids is 1. The standard InChI is InChI=1S/C34H48NO5/c1-33-13-10-22(36)17-21(33)6-7-23-24-8-9-26(34(24,2)14-11-25(23)33)28(37)18-27-30-20(12-15-35(27,3)4)16-29-31(32(30)38-5)40-19-39-29/h9,16,21-25,27,36H,6-8,10-15,17-19H2,1-5H3/q+1/t21-,22+,23-,24-,25-,27-,33+,34-/m0/s1. The number of hydrogen-bond acceptors (Lipinski definition) is 5. The van der Waals surface area contributed by atoms with Crippen molar-refractivity contribution in [2.45, 2.75) is 90.2 Å². The average molecular weight is 551 g/mol. The lowest BCUT2D eigenvalue weighted by Gasteiger charge is -2.60. The van der Waals surface area contributed by atoms with Crippen molar-refractivity contribution in [3.05, 3.63) is 28.8 Å². The van der Waals surface area contributed by atoms with E-state index in [4.69, 9.17) is 14.2 Å². The summed E-state index contributed by atoms with van der Waals surface area (Å²) >= 11 is 0. The Bertz CT molecular complexity index is 1250. The van der Waals surface area contributed by atoms with Gasteiger partial charge in [-0.1, -0.05) is 19.9 Å². The van der Waals surface area contributed by atoms with Crippen LogP contribution in [0.25, 0.3) is 0 Å². The molecule has 6 nitrogen and oxygen atoms in total. The molecule has 3 saturated carbocycles. The first-order valence-corrected chi connectivity index (χ1v) is 15.8. The highest BCUT2D eigenvalue weighted by Crippen LogP contribution is 2.66. The molecule has 0 amide bonds. The average Bonchev–Trinajstić information content (AvgIpc) is 3.53. The van der Waals surface area contributed by atoms with E-state index in [0.717, 1.165) is 78.1 Å². The van der Waals surface area contributed by atoms with Gasteiger partial charge in [0.25, 0.3) is 0 Å². The molecule has 6 aliphatic rings. The molecular weight excluding hydrogens is 502 g/mol. The zero-order chi connectivity index (χ0) is 28.0. The van der Waals surface area contributed by atoms with Crippen molar-refractivity contribution < 1.29 is 28.6 Å². The Kier molecular flexibility index (Phi) is 6.19. The van der Waals surface area contributed by atoms with Crippen LogP contribution in [-0.2, 0) is 11.2 Å². The molecule has 6 heteroatoms. The number of aliphatic hydroxyl groups is 1. The number of benzene rings is 1. The van der Waals surface area contributed by atoms with Gasteiger partial charge in [-0.3, -0.25) is 4.79 Å². The summed E-state index contributed by atoms with van der Waals surface area (Å²) in [4.78, 5) is 14.4. The van der Waals surface area contributed by atoms with Crippen molar-refractivity contribution in [3.63, 3.8) is 0 Å². The number of nitrogens with zero attached hydrogens (tertiary/aromatic N) is 1. The van der Waals surface area contributed by atoms with E-state index in [1.165, 1.54) is 24.8 Å². The third-order valence-corrected chi connectivity index (χ3v) is 13.0. The normalized spacial score (nSPS) is 40.8. The number of rotatable bonds is 4. The van der Waals surface area contributed by atoms with Gasteiger partial charge in [0.05, 0.1) is 45.8 Å². The molecule has 0 bridgehead atoms. The van der Waals surface area contributed by atoms with Gasteiger partial charge in [0, 0.05) is 6.42 Å². The van der Waals surface area contributed by atoms with E-state index in [1.54, 1.807) is 7.11 Å². The van der Waals surface area contributed by atoms with E-state index in [9.17, 15) is 9.90 Å². The van der Waals surface area contributed by atoms with Crippen LogP contribution in [0.2, 0.25) is 0 Å². The Balaban J connectivity index is 1.16. The molecule has 40 heavy (non-hydrogen) atoms. The second-order valence-corrected chi connectivity index (χ2v) is 15.0. The molecule has 0 saturated heterocycles. The van der Waals surface area contributed by atoms with Crippen LogP contribution in [0.1, 0.15) is 88.8 Å². The maximum absolute atomic E-state index is 14.4. The van der Waals surface area contributed by atoms with Crippen LogP contribution in [0, 0.1) is 34.5 Å². The minimum Gasteiger partial charge on any atom is -0.492 e. The summed E-state index contributed by atoms with van der Waals surface area (Å²) in [5.74, 6) is 5.18. The molecule has 1 N–H and O–H groups in total. The minimum atomic E-state index is -0.104. The molecule has 0 aromatic heterocycles. The third-order valence-electron chi connectivity index (χ3n) is 13.0. The van der Waals surface area contributed by atoms with Gasteiger partial charge in [-0.2, -0.15) is 0 Å². The molecule has 4 aliphatic carbocycles. The SMILES string of the molecule is COc1c2c(cc3c1[C@H](CC(=O)C1=CC[C@H]4[C@@H]5CC[C@H]6C[C@H](O)CC[C@@]6(C)[C@H]5CC[C@]14C)[N+](C)(C)CC3)OCO2. The van der Waals surface area contributed by atoms with Crippen LogP contribution in [0.5, 0.6) is 17.2 Å². The zero-order valence-corrected chi connectivity index (χ0v) is 25.1. The Hall–Kier alpha value is -2.05. The van der Waals surface area contributed by atoms with Gasteiger partial charge < -0.3 is 23.8 Å². The number of carbonyl (C=O) groups is 1. The number of aliphatic hydroxyl groups excluding tert-OH is 1. The third kappa shape index (κ3) is 3.77. The monoisotopic (exact) mass is 550 g/mol. The Labute approximate surface area is 239 Å². The Morgan fingerprint density at radius 1 is 1.12 bits per heavy atom. The van der Waals surface area contributed by atoms with Gasteiger partial charge in [0.1, 0.15) is 6.04 Å². The zero-order valence-electron chi connectivity index (χ0n) is 25.1. The topological polar surface area (TPSA) is 65.0 Å². The first-order valence-electron chi connectivity index (χ1n) is 15.8. The summed E-state index contributed by atoms with van der Waals surface area (Å²) in [6.07, 6.45) is 12.7. The van der Waals surface area contributed by atoms with Gasteiger partial charge in [0.15, 0.2) is 17.3 Å². The van der Waals surface area contributed by atoms with Crippen LogP contribution in [0.15, 0.2) is 17.7 Å². The molecule has 0 spiro atoms. The van der Waals surface area contributed by atoms with Gasteiger partial charge >= 0.3 is 0 Å². The molecule has 0 unspecified atom stereocenters. The fourth-order valence-electron chi connectivity index (χ4n) is 10.6. The minimum absolute atomic E-state index is 0.0172. The van der Waals surface area contributed by atoms with Crippen LogP contribution < -0.4 is 14.2 Å². The van der Waals surface area contributed by atoms with Crippen LogP contribution >= 0.6 is 0 Å². The molecule has 1 aromatic rings. The van der Waals surface area contributed by atoms with Crippen molar-refractivity contribution in [3.8, 4) is 17.2 Å². The highest BCUT2D eigenvalue weighted by Gasteiger charge is 2.59. The molecule has 0 radical (unpaired) electrons. The smallest absolute Gasteiger partial charge is 0.231 e. The maximum atomic E-state index is 14.4. The summed E-state index contributed by atoms with van der Waals surface area (Å²) in [5, 5.41) is 10.4. The largest absolute Gasteiger partial charge is 0.492 e. The van der Waals surface area contributed by atoms with Crippen molar-refractivity contribution in [1.82, 2.24) is 0 Å². The van der Waals surface area contributed by atoms with Crippen molar-refractivity contribution >= 4 is 5.78 Å². The number of fused-ring (bicyclic) bond motifs is 7. The fraction of sp³-hybridized carbons (Fsp3) is 0.735. The predicted molar refractivity (Wildman–Crippen MR) is 153 cm³/mol. The number of ketones is 1. The maximum Gasteiger partial charge on any atom is 0.231 e. The highest BCUT2D eigenvalue weighted by molar-refractivity contribution is 5.97. The second kappa shape index (κ2) is 9.22. The van der Waals surface area contributed by atoms with Crippen LogP contribution in [0.3, 0.4) is 0 Å². The lowest BCUT2D eigenvalue weighted by molar-refractivity contribution is -0.922. The van der Waals surface area contributed by atoms with Gasteiger partial charge in [-0.05, 0) is 103 Å². The summed E-state index contributed by atoms with van der Waals surface area (Å²) in [6, 6.07) is 2.13. The van der Waals surface area contributed by atoms with E-state index in [2.05, 4.69) is 40.1 Å². The first-order chi connectivity index (χ1) is 19.1. The number of Topliss-reactive ketones (excluding diaryl/α,β-unsaturated/α-hetero) is 1. The van der Waals surface area contributed by atoms with Crippen LogP contribution in [-0.4, -0.2) is 56.0 Å². The molecule has 218 valence electrons. The molecule has 2 heterocycles. The van der Waals surface area contributed by atoms with Crippen molar-refractivity contribution in [1.29, 1.82) is 0 Å². The predicted octanol–water partition coefficient (Wildman–Crippen LogP) is 6.00. The second-order valence-electron chi connectivity index (χ2n) is 15.0. The molecule has 7 rings (SSSR count). The molecule has 2 aliphatic heterocycles. The first kappa shape index (κ1) is 26.8. The van der Waals surface area contributed by atoms with Crippen molar-refractivity contribution in [2.24, 2.45) is 34.5 Å². The lowest BCUT2D eigenvalue weighted by atomic mass is 9.44. The summed E-state index contributed by atoms with van der Waals surface area (Å²) < 4.78 is 18.3. The highest BCUT2D eigenvalue weighted by atomic mass is 16.7. The van der Waals surface area contributed by atoms with E-state index in [0.29, 0.717) is 41.1 Å². The quantitative estimate of drug-likeness (QED) is 0.466. The Morgan fingerprint density at radius 3 is 2.75 bits per heavy atom. The van der Waals surface area contributed by atoms with Crippen molar-refractivity contribution in [2.75, 3.05) is 34.5 Å². The van der Waals surface area contributed by atoms with Crippen LogP contribution in [0.4, 0.5) is 0 Å². The Morgan fingerprint density at radius 2 is 1.95 bits per heavy atom. The number of ether oxygens (including phenoxy) is 3. The summed E-state index contributed by atoms with van der Waals surface area (Å²) in [6.45, 7) is 6.14. The molecule has 3 fully saturated rings. The van der Waals surface area contributed by atoms with Gasteiger partial charge in [-0.15, -0.1) is 0 Å². The number of likely N-dealkylation sites (N-methyl/N-ethyl adjacent to an activating group) is 1. The summed E-state index contributed by atoms with van der Waals surface area (Å²) in [7, 11) is 6.21.